The standard InChI is InChI=1S/C18H24N2O3/c1-22-16-5-2-12-8-13(11-23-17(12)9-16)18(21)19-14-6-7-20(10-14)15-3-4-15/h2,5,9,13-15H,3-4,6-8,10-11H2,1H3,(H,19,21). The number of ether oxygens (including phenoxy) is 2. The summed E-state index contributed by atoms with van der Waals surface area (Å²) in [5.74, 6) is 1.67. The van der Waals surface area contributed by atoms with Crippen molar-refractivity contribution >= 4 is 5.91 Å². The van der Waals surface area contributed by atoms with Gasteiger partial charge in [-0.15, -0.1) is 0 Å². The molecular weight excluding hydrogens is 292 g/mol. The Kier molecular flexibility index (Phi) is 3.89. The maximum Gasteiger partial charge on any atom is 0.227 e. The van der Waals surface area contributed by atoms with E-state index in [4.69, 9.17) is 9.47 Å². The predicted molar refractivity (Wildman–Crippen MR) is 86.8 cm³/mol. The lowest BCUT2D eigenvalue weighted by Crippen LogP contribution is -2.43. The minimum absolute atomic E-state index is 0.0918. The summed E-state index contributed by atoms with van der Waals surface area (Å²) in [4.78, 5) is 15.1. The summed E-state index contributed by atoms with van der Waals surface area (Å²) in [6, 6.07) is 6.91. The third-order valence-corrected chi connectivity index (χ3v) is 5.18. The molecule has 1 saturated carbocycles. The predicted octanol–water partition coefficient (Wildman–Crippen LogP) is 1.60. The lowest BCUT2D eigenvalue weighted by Gasteiger charge is -2.26. The molecule has 1 aromatic rings. The van der Waals surface area contributed by atoms with Crippen molar-refractivity contribution in [3.8, 4) is 11.5 Å². The zero-order valence-electron chi connectivity index (χ0n) is 13.6. The summed E-state index contributed by atoms with van der Waals surface area (Å²) in [6.07, 6.45) is 4.47. The first-order valence-electron chi connectivity index (χ1n) is 8.57. The van der Waals surface area contributed by atoms with Crippen molar-refractivity contribution in [2.75, 3.05) is 26.8 Å². The van der Waals surface area contributed by atoms with Gasteiger partial charge in [-0.3, -0.25) is 9.69 Å². The molecule has 1 amide bonds. The van der Waals surface area contributed by atoms with Crippen LogP contribution in [0.2, 0.25) is 0 Å². The van der Waals surface area contributed by atoms with Crippen LogP contribution in [0.3, 0.4) is 0 Å². The van der Waals surface area contributed by atoms with Crippen molar-refractivity contribution in [1.82, 2.24) is 10.2 Å². The fourth-order valence-electron chi connectivity index (χ4n) is 3.64. The summed E-state index contributed by atoms with van der Waals surface area (Å²) >= 11 is 0. The van der Waals surface area contributed by atoms with Crippen LogP contribution in [0.4, 0.5) is 0 Å². The fraction of sp³-hybridized carbons (Fsp3) is 0.611. The Labute approximate surface area is 136 Å². The van der Waals surface area contributed by atoms with Crippen LogP contribution in [0.15, 0.2) is 18.2 Å². The van der Waals surface area contributed by atoms with E-state index in [9.17, 15) is 4.79 Å². The first kappa shape index (κ1) is 14.8. The first-order chi connectivity index (χ1) is 11.2. The van der Waals surface area contributed by atoms with E-state index in [1.165, 1.54) is 12.8 Å². The maximum absolute atomic E-state index is 12.5. The van der Waals surface area contributed by atoms with Gasteiger partial charge in [0, 0.05) is 31.2 Å². The number of rotatable bonds is 4. The lowest BCUT2D eigenvalue weighted by molar-refractivity contribution is -0.126. The molecular formula is C18H24N2O3. The van der Waals surface area contributed by atoms with E-state index in [0.29, 0.717) is 12.6 Å². The van der Waals surface area contributed by atoms with Crippen molar-refractivity contribution in [3.05, 3.63) is 23.8 Å². The lowest BCUT2D eigenvalue weighted by atomic mass is 9.95. The summed E-state index contributed by atoms with van der Waals surface area (Å²) in [5.41, 5.74) is 1.09. The van der Waals surface area contributed by atoms with Gasteiger partial charge in [0.05, 0.1) is 13.0 Å². The average molecular weight is 316 g/mol. The number of nitrogens with zero attached hydrogens (tertiary/aromatic N) is 1. The molecule has 1 aromatic carbocycles. The zero-order valence-corrected chi connectivity index (χ0v) is 13.6. The highest BCUT2D eigenvalue weighted by Gasteiger charge is 2.36. The minimum atomic E-state index is -0.0918. The Morgan fingerprint density at radius 3 is 3.00 bits per heavy atom. The van der Waals surface area contributed by atoms with Gasteiger partial charge in [-0.1, -0.05) is 6.07 Å². The number of hydrogen-bond acceptors (Lipinski definition) is 4. The Morgan fingerprint density at radius 1 is 1.35 bits per heavy atom. The number of amides is 1. The Hall–Kier alpha value is -1.75. The molecule has 0 radical (unpaired) electrons. The van der Waals surface area contributed by atoms with Crippen LogP contribution < -0.4 is 14.8 Å². The summed E-state index contributed by atoms with van der Waals surface area (Å²) in [5, 5.41) is 3.23. The van der Waals surface area contributed by atoms with Crippen LogP contribution in [-0.4, -0.2) is 49.7 Å². The van der Waals surface area contributed by atoms with Gasteiger partial charge < -0.3 is 14.8 Å². The number of carbonyl (C=O) groups excluding carboxylic acids is 1. The molecule has 0 aromatic heterocycles. The maximum atomic E-state index is 12.5. The van der Waals surface area contributed by atoms with Gasteiger partial charge in [0.15, 0.2) is 0 Å². The molecule has 1 saturated heterocycles. The molecule has 2 fully saturated rings. The molecule has 5 heteroatoms. The van der Waals surface area contributed by atoms with Crippen LogP contribution in [-0.2, 0) is 11.2 Å². The van der Waals surface area contributed by atoms with Gasteiger partial charge in [0.25, 0.3) is 0 Å². The molecule has 5 nitrogen and oxygen atoms in total. The summed E-state index contributed by atoms with van der Waals surface area (Å²) in [6.45, 7) is 2.59. The van der Waals surface area contributed by atoms with Gasteiger partial charge in [-0.25, -0.2) is 0 Å². The molecule has 2 unspecified atom stereocenters. The summed E-state index contributed by atoms with van der Waals surface area (Å²) < 4.78 is 11.0. The van der Waals surface area contributed by atoms with Gasteiger partial charge in [0.1, 0.15) is 18.1 Å². The second-order valence-electron chi connectivity index (χ2n) is 6.91. The molecule has 1 N–H and O–H groups in total. The Bertz CT molecular complexity index is 600. The number of benzene rings is 1. The average Bonchev–Trinajstić information content (AvgIpc) is 3.33. The minimum Gasteiger partial charge on any atom is -0.497 e. The van der Waals surface area contributed by atoms with Crippen LogP contribution in [0.25, 0.3) is 0 Å². The van der Waals surface area contributed by atoms with Crippen molar-refractivity contribution in [2.24, 2.45) is 5.92 Å². The zero-order chi connectivity index (χ0) is 15.8. The third-order valence-electron chi connectivity index (χ3n) is 5.18. The third kappa shape index (κ3) is 3.15. The smallest absolute Gasteiger partial charge is 0.227 e. The molecule has 4 rings (SSSR count). The quantitative estimate of drug-likeness (QED) is 0.917. The number of hydrogen-bond donors (Lipinski definition) is 1. The van der Waals surface area contributed by atoms with Gasteiger partial charge >= 0.3 is 0 Å². The molecule has 124 valence electrons. The van der Waals surface area contributed by atoms with E-state index in [-0.39, 0.29) is 11.8 Å². The van der Waals surface area contributed by atoms with Crippen LogP contribution in [0.1, 0.15) is 24.8 Å². The van der Waals surface area contributed by atoms with E-state index < -0.39 is 0 Å². The molecule has 0 spiro atoms. The van der Waals surface area contributed by atoms with E-state index in [0.717, 1.165) is 49.0 Å². The molecule has 2 heterocycles. The van der Waals surface area contributed by atoms with Crippen LogP contribution in [0.5, 0.6) is 11.5 Å². The highest BCUT2D eigenvalue weighted by molar-refractivity contribution is 5.80. The molecule has 2 atom stereocenters. The van der Waals surface area contributed by atoms with E-state index in [2.05, 4.69) is 10.2 Å². The highest BCUT2D eigenvalue weighted by Crippen LogP contribution is 2.32. The number of fused-ring (bicyclic) bond motifs is 1. The number of nitrogens with one attached hydrogen (secondary N) is 1. The van der Waals surface area contributed by atoms with E-state index in [1.807, 2.05) is 18.2 Å². The summed E-state index contributed by atoms with van der Waals surface area (Å²) in [7, 11) is 1.65. The van der Waals surface area contributed by atoms with Crippen LogP contribution >= 0.6 is 0 Å². The molecule has 0 bridgehead atoms. The van der Waals surface area contributed by atoms with Crippen molar-refractivity contribution in [2.45, 2.75) is 37.8 Å². The van der Waals surface area contributed by atoms with Crippen LogP contribution in [0, 0.1) is 5.92 Å². The second kappa shape index (κ2) is 6.04. The molecule has 3 aliphatic rings. The van der Waals surface area contributed by atoms with Gasteiger partial charge in [-0.05, 0) is 37.3 Å². The van der Waals surface area contributed by atoms with Crippen molar-refractivity contribution < 1.29 is 14.3 Å². The van der Waals surface area contributed by atoms with Crippen molar-refractivity contribution in [1.29, 1.82) is 0 Å². The Balaban J connectivity index is 1.34. The monoisotopic (exact) mass is 316 g/mol. The fourth-order valence-corrected chi connectivity index (χ4v) is 3.64. The number of likely N-dealkylation sites (tertiary alicyclic amines) is 1. The normalized spacial score (nSPS) is 27.2. The van der Waals surface area contributed by atoms with Crippen molar-refractivity contribution in [3.63, 3.8) is 0 Å². The number of methoxy groups -OCH3 is 1. The first-order valence-corrected chi connectivity index (χ1v) is 8.57. The molecule has 2 aliphatic heterocycles. The number of carbonyl (C=O) groups is 1. The van der Waals surface area contributed by atoms with Gasteiger partial charge in [0.2, 0.25) is 5.91 Å². The topological polar surface area (TPSA) is 50.8 Å². The molecule has 23 heavy (non-hydrogen) atoms. The second-order valence-corrected chi connectivity index (χ2v) is 6.91. The SMILES string of the molecule is COc1ccc2c(c1)OCC(C(=O)NC1CCN(C3CC3)C1)C2. The molecule has 1 aliphatic carbocycles. The highest BCUT2D eigenvalue weighted by atomic mass is 16.5. The van der Waals surface area contributed by atoms with E-state index in [1.54, 1.807) is 7.11 Å². The Morgan fingerprint density at radius 2 is 2.22 bits per heavy atom. The van der Waals surface area contributed by atoms with Gasteiger partial charge in [-0.2, -0.15) is 0 Å². The largest absolute Gasteiger partial charge is 0.497 e. The van der Waals surface area contributed by atoms with E-state index >= 15 is 0 Å².